The van der Waals surface area contributed by atoms with Crippen molar-refractivity contribution < 1.29 is 28.2 Å². The lowest BCUT2D eigenvalue weighted by molar-refractivity contribution is 0.0593. The molecule has 1 aromatic heterocycles. The highest BCUT2D eigenvalue weighted by atomic mass is 19.1. The third kappa shape index (κ3) is 5.28. The van der Waals surface area contributed by atoms with E-state index in [0.717, 1.165) is 0 Å². The third-order valence-corrected chi connectivity index (χ3v) is 5.33. The van der Waals surface area contributed by atoms with Crippen LogP contribution in [0.1, 0.15) is 48.0 Å². The zero-order valence-electron chi connectivity index (χ0n) is 18.9. The van der Waals surface area contributed by atoms with E-state index in [2.05, 4.69) is 4.98 Å². The summed E-state index contributed by atoms with van der Waals surface area (Å²) < 4.78 is 23.3. The summed E-state index contributed by atoms with van der Waals surface area (Å²) in [7, 11) is 2.76. The highest BCUT2D eigenvalue weighted by molar-refractivity contribution is 6.05. The van der Waals surface area contributed by atoms with Gasteiger partial charge in [-0.1, -0.05) is 18.2 Å². The van der Waals surface area contributed by atoms with Crippen molar-refractivity contribution in [3.8, 4) is 5.75 Å². The molecule has 0 aliphatic carbocycles. The van der Waals surface area contributed by atoms with Crippen molar-refractivity contribution in [1.82, 2.24) is 9.88 Å². The van der Waals surface area contributed by atoms with Gasteiger partial charge in [-0.05, 0) is 55.3 Å². The molecule has 172 valence electrons. The number of hydrogen-bond donors (Lipinski definition) is 1. The molecule has 1 N–H and O–H groups in total. The van der Waals surface area contributed by atoms with Gasteiger partial charge in [-0.3, -0.25) is 9.59 Å². The van der Waals surface area contributed by atoms with Gasteiger partial charge in [0, 0.05) is 23.4 Å². The number of aromatic nitrogens is 1. The first-order valence-corrected chi connectivity index (χ1v) is 10.2. The minimum absolute atomic E-state index is 0.0917. The maximum Gasteiger partial charge on any atom is 0.354 e. The Bertz CT molecular complexity index is 1180. The average Bonchev–Trinajstić information content (AvgIpc) is 3.12. The second-order valence-electron chi connectivity index (χ2n) is 7.56. The Morgan fingerprint density at radius 1 is 1.03 bits per heavy atom. The van der Waals surface area contributed by atoms with Crippen LogP contribution in [0.3, 0.4) is 0 Å². The molecule has 0 bridgehead atoms. The summed E-state index contributed by atoms with van der Waals surface area (Å²) in [5.74, 6) is -1.19. The van der Waals surface area contributed by atoms with Crippen LogP contribution in [0.25, 0.3) is 0 Å². The number of nitrogens with one attached hydrogen (secondary N) is 1. The topological polar surface area (TPSA) is 88.7 Å². The lowest BCUT2D eigenvalue weighted by atomic mass is 10.0. The van der Waals surface area contributed by atoms with Crippen molar-refractivity contribution in [2.75, 3.05) is 20.8 Å². The van der Waals surface area contributed by atoms with Gasteiger partial charge in [-0.15, -0.1) is 0 Å². The van der Waals surface area contributed by atoms with Gasteiger partial charge in [0.25, 0.3) is 5.91 Å². The van der Waals surface area contributed by atoms with Gasteiger partial charge in [-0.25, -0.2) is 9.18 Å². The molecule has 2 aromatic carbocycles. The van der Waals surface area contributed by atoms with Gasteiger partial charge in [-0.2, -0.15) is 0 Å². The van der Waals surface area contributed by atoms with Gasteiger partial charge in [0.2, 0.25) is 0 Å². The zero-order valence-corrected chi connectivity index (χ0v) is 18.9. The number of methoxy groups -OCH3 is 2. The predicted octanol–water partition coefficient (Wildman–Crippen LogP) is 4.09. The summed E-state index contributed by atoms with van der Waals surface area (Å²) >= 11 is 0. The van der Waals surface area contributed by atoms with Crippen molar-refractivity contribution in [2.24, 2.45) is 0 Å². The van der Waals surface area contributed by atoms with Crippen molar-refractivity contribution >= 4 is 17.7 Å². The molecule has 0 fully saturated rings. The number of amides is 1. The Morgan fingerprint density at radius 2 is 1.73 bits per heavy atom. The minimum atomic E-state index is -0.578. The predicted molar refractivity (Wildman–Crippen MR) is 120 cm³/mol. The third-order valence-electron chi connectivity index (χ3n) is 5.33. The van der Waals surface area contributed by atoms with Crippen LogP contribution in [0.15, 0.2) is 48.5 Å². The maximum absolute atomic E-state index is 13.4. The number of benzene rings is 2. The van der Waals surface area contributed by atoms with E-state index in [0.29, 0.717) is 33.7 Å². The van der Waals surface area contributed by atoms with E-state index in [1.807, 2.05) is 0 Å². The van der Waals surface area contributed by atoms with Crippen molar-refractivity contribution in [2.45, 2.75) is 20.4 Å². The molecule has 0 atom stereocenters. The van der Waals surface area contributed by atoms with Crippen molar-refractivity contribution in [3.63, 3.8) is 0 Å². The number of halogens is 1. The average molecular weight is 452 g/mol. The molecule has 3 rings (SSSR count). The van der Waals surface area contributed by atoms with Crippen LogP contribution in [0.2, 0.25) is 0 Å². The Kier molecular flexibility index (Phi) is 7.27. The molecule has 0 saturated heterocycles. The van der Waals surface area contributed by atoms with Crippen molar-refractivity contribution in [1.29, 1.82) is 0 Å². The van der Waals surface area contributed by atoms with Crippen LogP contribution in [0.4, 0.5) is 4.39 Å². The quantitative estimate of drug-likeness (QED) is 0.411. The Balaban J connectivity index is 1.94. The number of carbonyl (C=O) groups excluding carboxylic acids is 3. The summed E-state index contributed by atoms with van der Waals surface area (Å²) in [5.41, 5.74) is 2.51. The number of H-pyrrole nitrogens is 1. The molecule has 0 unspecified atom stereocenters. The molecule has 1 heterocycles. The highest BCUT2D eigenvalue weighted by Gasteiger charge is 2.26. The van der Waals surface area contributed by atoms with E-state index in [-0.39, 0.29) is 30.5 Å². The number of rotatable bonds is 8. The van der Waals surface area contributed by atoms with E-state index in [1.165, 1.54) is 31.3 Å². The monoisotopic (exact) mass is 452 g/mol. The number of Topliss-reactive ketones (excluding diaryl/α,β-unsaturated/α-hetero) is 1. The van der Waals surface area contributed by atoms with Gasteiger partial charge >= 0.3 is 5.97 Å². The Morgan fingerprint density at radius 3 is 2.36 bits per heavy atom. The first-order valence-electron chi connectivity index (χ1n) is 10.2. The second kappa shape index (κ2) is 10.1. The normalized spacial score (nSPS) is 10.6. The largest absolute Gasteiger partial charge is 0.497 e. The van der Waals surface area contributed by atoms with Gasteiger partial charge < -0.3 is 19.4 Å². The van der Waals surface area contributed by atoms with E-state index in [4.69, 9.17) is 9.47 Å². The summed E-state index contributed by atoms with van der Waals surface area (Å²) in [4.78, 5) is 42.9. The van der Waals surface area contributed by atoms with Gasteiger partial charge in [0.05, 0.1) is 20.8 Å². The number of aromatic amines is 1. The van der Waals surface area contributed by atoms with E-state index >= 15 is 0 Å². The highest BCUT2D eigenvalue weighted by Crippen LogP contribution is 2.22. The summed E-state index contributed by atoms with van der Waals surface area (Å²) in [6, 6.07) is 12.4. The number of carbonyl (C=O) groups is 3. The van der Waals surface area contributed by atoms with Gasteiger partial charge in [0.1, 0.15) is 17.3 Å². The number of hydrogen-bond acceptors (Lipinski definition) is 5. The van der Waals surface area contributed by atoms with Crippen LogP contribution in [0.5, 0.6) is 5.75 Å². The first-order chi connectivity index (χ1) is 15.7. The standard InChI is InChI=1S/C25H25FN2O5/c1-15-22(16(2)27-23(15)25(31)33-4)21(29)14-28(13-17-8-10-19(26)11-9-17)24(30)18-6-5-7-20(12-18)32-3/h5-12,27H,13-14H2,1-4H3. The number of esters is 1. The first kappa shape index (κ1) is 23.7. The molecule has 0 saturated carbocycles. The fourth-order valence-electron chi connectivity index (χ4n) is 3.68. The fourth-order valence-corrected chi connectivity index (χ4v) is 3.68. The van der Waals surface area contributed by atoms with Crippen LogP contribution in [0, 0.1) is 19.7 Å². The number of nitrogens with zero attached hydrogens (tertiary/aromatic N) is 1. The molecular formula is C25H25FN2O5. The molecule has 1 amide bonds. The molecule has 33 heavy (non-hydrogen) atoms. The second-order valence-corrected chi connectivity index (χ2v) is 7.56. The van der Waals surface area contributed by atoms with E-state index in [9.17, 15) is 18.8 Å². The van der Waals surface area contributed by atoms with Crippen LogP contribution < -0.4 is 4.74 Å². The van der Waals surface area contributed by atoms with Crippen LogP contribution >= 0.6 is 0 Å². The van der Waals surface area contributed by atoms with Crippen LogP contribution in [-0.2, 0) is 11.3 Å². The zero-order chi connectivity index (χ0) is 24.1. The summed E-state index contributed by atoms with van der Waals surface area (Å²) in [6.07, 6.45) is 0. The van der Waals surface area contributed by atoms with E-state index < -0.39 is 11.8 Å². The fraction of sp³-hybridized carbons (Fsp3) is 0.240. The Hall–Kier alpha value is -3.94. The molecule has 3 aromatic rings. The lowest BCUT2D eigenvalue weighted by Crippen LogP contribution is -2.35. The Labute approximate surface area is 191 Å². The summed E-state index contributed by atoms with van der Waals surface area (Å²) in [6.45, 7) is 3.18. The molecule has 8 heteroatoms. The minimum Gasteiger partial charge on any atom is -0.497 e. The molecule has 0 radical (unpaired) electrons. The molecule has 0 spiro atoms. The smallest absolute Gasteiger partial charge is 0.354 e. The van der Waals surface area contributed by atoms with E-state index in [1.54, 1.807) is 50.2 Å². The molecule has 0 aliphatic heterocycles. The number of ether oxygens (including phenoxy) is 2. The SMILES string of the molecule is COC(=O)c1[nH]c(C)c(C(=O)CN(Cc2ccc(F)cc2)C(=O)c2cccc(OC)c2)c1C. The summed E-state index contributed by atoms with van der Waals surface area (Å²) in [5, 5.41) is 0. The van der Waals surface area contributed by atoms with Crippen LogP contribution in [-0.4, -0.2) is 48.3 Å². The molecule has 0 aliphatic rings. The molecular weight excluding hydrogens is 427 g/mol. The maximum atomic E-state index is 13.4. The van der Waals surface area contributed by atoms with Crippen molar-refractivity contribution in [3.05, 3.63) is 88.0 Å². The lowest BCUT2D eigenvalue weighted by Gasteiger charge is -2.23. The number of ketones is 1. The van der Waals surface area contributed by atoms with Gasteiger partial charge in [0.15, 0.2) is 5.78 Å². The molecule has 7 nitrogen and oxygen atoms in total. The number of aryl methyl sites for hydroxylation is 1.